The first-order chi connectivity index (χ1) is 22.5. The smallest absolute Gasteiger partial charge is 0.335 e. The predicted molar refractivity (Wildman–Crippen MR) is 164 cm³/mol. The molecule has 5 rings (SSSR count). The summed E-state index contributed by atoms with van der Waals surface area (Å²) in [6, 6.07) is 1.67. The fraction of sp³-hybridized carbons (Fsp3) is 0.629. The van der Waals surface area contributed by atoms with Gasteiger partial charge < -0.3 is 38.3 Å². The molecule has 2 saturated carbocycles. The van der Waals surface area contributed by atoms with Crippen LogP contribution in [0.25, 0.3) is 0 Å². The van der Waals surface area contributed by atoms with Gasteiger partial charge in [0.05, 0.1) is 24.4 Å². The summed E-state index contributed by atoms with van der Waals surface area (Å²) in [6.45, 7) is 13.9. The molecule has 0 bridgehead atoms. The number of furan rings is 1. The second-order valence-electron chi connectivity index (χ2n) is 14.2. The van der Waals surface area contributed by atoms with E-state index in [0.717, 1.165) is 0 Å². The van der Waals surface area contributed by atoms with Gasteiger partial charge in [-0.2, -0.15) is 0 Å². The van der Waals surface area contributed by atoms with Crippen molar-refractivity contribution in [1.29, 1.82) is 0 Å². The third kappa shape index (κ3) is 5.26. The molecule has 0 radical (unpaired) electrons. The molecule has 1 aromatic heterocycles. The number of carbonyl (C=O) groups excluding carboxylic acids is 5. The van der Waals surface area contributed by atoms with Gasteiger partial charge in [0.2, 0.25) is 0 Å². The van der Waals surface area contributed by atoms with Gasteiger partial charge in [0.1, 0.15) is 36.1 Å². The van der Waals surface area contributed by atoms with E-state index in [4.69, 9.17) is 28.1 Å². The molecule has 3 fully saturated rings. The van der Waals surface area contributed by atoms with Crippen molar-refractivity contribution < 1.29 is 62.3 Å². The molecule has 2 aliphatic carbocycles. The van der Waals surface area contributed by atoms with Crippen LogP contribution in [0, 0.1) is 28.6 Å². The van der Waals surface area contributed by atoms with Gasteiger partial charge in [-0.15, -0.1) is 0 Å². The molecule has 12 atom stereocenters. The fourth-order valence-corrected chi connectivity index (χ4v) is 8.93. The molecule has 13 nitrogen and oxygen atoms in total. The van der Waals surface area contributed by atoms with Crippen LogP contribution in [-0.4, -0.2) is 82.8 Å². The van der Waals surface area contributed by atoms with Crippen molar-refractivity contribution in [2.24, 2.45) is 28.6 Å². The Balaban J connectivity index is 1.79. The van der Waals surface area contributed by atoms with Crippen LogP contribution in [0.1, 0.15) is 72.3 Å². The third-order valence-corrected chi connectivity index (χ3v) is 11.6. The molecule has 48 heavy (non-hydrogen) atoms. The lowest BCUT2D eigenvalue weighted by molar-refractivity contribution is -0.243. The summed E-state index contributed by atoms with van der Waals surface area (Å²) >= 11 is 0. The number of allylic oxidation sites excluding steroid dienone is 1. The van der Waals surface area contributed by atoms with Crippen LogP contribution in [0.4, 0.5) is 0 Å². The number of cyclic esters (lactones) is 1. The second kappa shape index (κ2) is 12.5. The van der Waals surface area contributed by atoms with Crippen LogP contribution in [0.5, 0.6) is 0 Å². The number of rotatable bonds is 9. The third-order valence-electron chi connectivity index (χ3n) is 11.6. The SMILES string of the molecule is C=C1[C@@H]([C@@]2(C)C=CC(=O)O[C@@]3(C)COC(=O)C[C@H]23)[C@@H](OC=O)[C@H](OC(=O)[C@H](O)[C@@H](C)CC)[C@@]2(C)C(c3ccoc3)C[C@H](OC(C)=O)[C@]12O. The highest BCUT2D eigenvalue weighted by molar-refractivity contribution is 5.83. The lowest BCUT2D eigenvalue weighted by atomic mass is 9.47. The molecular weight excluding hydrogens is 628 g/mol. The highest BCUT2D eigenvalue weighted by Crippen LogP contribution is 2.69. The van der Waals surface area contributed by atoms with E-state index in [1.165, 1.54) is 31.6 Å². The van der Waals surface area contributed by atoms with Crippen molar-refractivity contribution in [2.45, 2.75) is 102 Å². The molecule has 0 amide bonds. The molecule has 2 aliphatic heterocycles. The maximum atomic E-state index is 13.7. The Labute approximate surface area is 278 Å². The van der Waals surface area contributed by atoms with E-state index < -0.39 is 94.0 Å². The average molecular weight is 673 g/mol. The Morgan fingerprint density at radius 2 is 1.92 bits per heavy atom. The molecule has 2 N–H and O–H groups in total. The monoisotopic (exact) mass is 672 g/mol. The summed E-state index contributed by atoms with van der Waals surface area (Å²) in [5.74, 6) is -6.21. The normalized spacial score (nSPS) is 40.3. The van der Waals surface area contributed by atoms with Gasteiger partial charge in [-0.3, -0.25) is 14.4 Å². The maximum Gasteiger partial charge on any atom is 0.335 e. The number of aliphatic hydroxyl groups excluding tert-OH is 1. The Morgan fingerprint density at radius 1 is 1.21 bits per heavy atom. The van der Waals surface area contributed by atoms with Gasteiger partial charge in [0, 0.05) is 36.2 Å². The van der Waals surface area contributed by atoms with Gasteiger partial charge in [0.15, 0.2) is 6.10 Å². The first-order valence-corrected chi connectivity index (χ1v) is 16.2. The van der Waals surface area contributed by atoms with Crippen molar-refractivity contribution in [3.8, 4) is 0 Å². The van der Waals surface area contributed by atoms with Crippen molar-refractivity contribution in [1.82, 2.24) is 0 Å². The van der Waals surface area contributed by atoms with Gasteiger partial charge in [0.25, 0.3) is 6.47 Å². The largest absolute Gasteiger partial charge is 0.472 e. The molecule has 4 aliphatic rings. The molecule has 1 unspecified atom stereocenters. The minimum Gasteiger partial charge on any atom is -0.472 e. The number of fused-ring (bicyclic) bond motifs is 2. The maximum absolute atomic E-state index is 13.7. The zero-order valence-corrected chi connectivity index (χ0v) is 28.0. The predicted octanol–water partition coefficient (Wildman–Crippen LogP) is 2.92. The molecule has 262 valence electrons. The number of carbonyl (C=O) groups is 5. The summed E-state index contributed by atoms with van der Waals surface area (Å²) in [6.07, 6.45) is 0.145. The Hall–Kier alpha value is -3.97. The van der Waals surface area contributed by atoms with E-state index >= 15 is 0 Å². The standard InChI is InChI=1S/C35H44O13/c1-8-18(2)28(40)31(41)47-30-29(45-17-36)27(32(5)11-9-25(38)48-33(6)16-44-26(39)14-23(32)33)19(3)35(42)24(46-20(4)37)13-22(34(30,35)7)21-10-12-43-15-21/h9-12,15,17-18,22-24,27-30,40,42H,3,8,13-14,16H2,1-2,4-7H3/t18-,22?,23+,24-,27+,28+,29+,30-,32-,33-,34+,35+/m0/s1. The van der Waals surface area contributed by atoms with Gasteiger partial charge in [-0.25, -0.2) is 9.59 Å². The van der Waals surface area contributed by atoms with Crippen molar-refractivity contribution in [3.63, 3.8) is 0 Å². The van der Waals surface area contributed by atoms with Crippen LogP contribution in [-0.2, 0) is 47.7 Å². The number of ether oxygens (including phenoxy) is 5. The van der Waals surface area contributed by atoms with Gasteiger partial charge >= 0.3 is 23.9 Å². The lowest BCUT2D eigenvalue weighted by Crippen LogP contribution is -2.71. The minimum absolute atomic E-state index is 0.0231. The molecule has 0 spiro atoms. The zero-order chi connectivity index (χ0) is 35.4. The topological polar surface area (TPSA) is 185 Å². The number of hydrogen-bond acceptors (Lipinski definition) is 13. The molecule has 3 heterocycles. The number of hydrogen-bond donors (Lipinski definition) is 2. The Bertz CT molecular complexity index is 1500. The van der Waals surface area contributed by atoms with E-state index in [1.54, 1.807) is 40.7 Å². The van der Waals surface area contributed by atoms with Crippen molar-refractivity contribution in [2.75, 3.05) is 6.61 Å². The molecular formula is C35H44O13. The summed E-state index contributed by atoms with van der Waals surface area (Å²) in [7, 11) is 0. The van der Waals surface area contributed by atoms with Gasteiger partial charge in [-0.05, 0) is 36.5 Å². The van der Waals surface area contributed by atoms with Crippen molar-refractivity contribution in [3.05, 3.63) is 48.5 Å². The van der Waals surface area contributed by atoms with E-state index in [-0.39, 0.29) is 31.5 Å². The molecule has 0 aromatic carbocycles. The minimum atomic E-state index is -2.17. The highest BCUT2D eigenvalue weighted by atomic mass is 16.6. The quantitative estimate of drug-likeness (QED) is 0.169. The fourth-order valence-electron chi connectivity index (χ4n) is 8.93. The van der Waals surface area contributed by atoms with E-state index in [0.29, 0.717) is 12.0 Å². The number of aliphatic hydroxyl groups is 2. The second-order valence-corrected chi connectivity index (χ2v) is 14.2. The molecule has 1 aromatic rings. The van der Waals surface area contributed by atoms with Gasteiger partial charge in [-0.1, -0.05) is 46.8 Å². The highest BCUT2D eigenvalue weighted by Gasteiger charge is 2.77. The average Bonchev–Trinajstić information content (AvgIpc) is 3.62. The van der Waals surface area contributed by atoms with Crippen LogP contribution in [0.3, 0.4) is 0 Å². The Kier molecular flexibility index (Phi) is 9.19. The molecule has 1 saturated heterocycles. The first kappa shape index (κ1) is 35.3. The van der Waals surface area contributed by atoms with Crippen LogP contribution in [0.15, 0.2) is 47.3 Å². The van der Waals surface area contributed by atoms with Crippen molar-refractivity contribution >= 4 is 30.3 Å². The molecule has 13 heteroatoms. The summed E-state index contributed by atoms with van der Waals surface area (Å²) in [5, 5.41) is 24.2. The van der Waals surface area contributed by atoms with Crippen LogP contribution >= 0.6 is 0 Å². The van der Waals surface area contributed by atoms with E-state index in [1.807, 2.05) is 0 Å². The number of esters is 4. The summed E-state index contributed by atoms with van der Waals surface area (Å²) < 4.78 is 34.4. The summed E-state index contributed by atoms with van der Waals surface area (Å²) in [5.41, 5.74) is -5.87. The van der Waals surface area contributed by atoms with E-state index in [9.17, 15) is 34.2 Å². The summed E-state index contributed by atoms with van der Waals surface area (Å²) in [4.78, 5) is 64.4. The van der Waals surface area contributed by atoms with E-state index in [2.05, 4.69) is 6.58 Å². The Morgan fingerprint density at radius 3 is 2.52 bits per heavy atom. The van der Waals surface area contributed by atoms with Crippen LogP contribution in [0.2, 0.25) is 0 Å². The van der Waals surface area contributed by atoms with Crippen LogP contribution < -0.4 is 0 Å². The lowest BCUT2D eigenvalue weighted by Gasteiger charge is -2.61. The zero-order valence-electron chi connectivity index (χ0n) is 28.0. The first-order valence-electron chi connectivity index (χ1n) is 16.2.